The molecule has 0 unspecified atom stereocenters. The third-order valence-electron chi connectivity index (χ3n) is 3.76. The molecule has 0 spiro atoms. The van der Waals surface area contributed by atoms with Crippen molar-refractivity contribution in [3.63, 3.8) is 0 Å². The van der Waals surface area contributed by atoms with Gasteiger partial charge in [-0.05, 0) is 45.9 Å². The number of anilines is 1. The Morgan fingerprint density at radius 2 is 2.00 bits per heavy atom. The molecule has 0 aliphatic rings. The molecule has 0 aliphatic carbocycles. The minimum Gasteiger partial charge on any atom is -0.370 e. The minimum atomic E-state index is 0.151. The first-order valence-electron chi connectivity index (χ1n) is 7.01. The monoisotopic (exact) mass is 283 g/mol. The van der Waals surface area contributed by atoms with Gasteiger partial charge in [0.2, 0.25) is 0 Å². The predicted molar refractivity (Wildman–Crippen MR) is 83.9 cm³/mol. The Balaban J connectivity index is 2.82. The molecule has 1 aromatic rings. The lowest BCUT2D eigenvalue weighted by molar-refractivity contribution is 0.141. The van der Waals surface area contributed by atoms with E-state index in [0.29, 0.717) is 0 Å². The molecule has 1 heterocycles. The van der Waals surface area contributed by atoms with Crippen LogP contribution in [0.25, 0.3) is 0 Å². The van der Waals surface area contributed by atoms with Crippen LogP contribution in [0.2, 0.25) is 5.02 Å². The molecule has 1 N–H and O–H groups in total. The first-order chi connectivity index (χ1) is 8.90. The maximum Gasteiger partial charge on any atom is 0.126 e. The molecule has 0 amide bonds. The highest BCUT2D eigenvalue weighted by Gasteiger charge is 2.22. The van der Waals surface area contributed by atoms with Crippen molar-refractivity contribution in [1.29, 1.82) is 0 Å². The second-order valence-electron chi connectivity index (χ2n) is 5.57. The van der Waals surface area contributed by atoms with Crippen LogP contribution in [0.5, 0.6) is 0 Å². The number of pyridine rings is 1. The molecule has 1 rings (SSSR count). The maximum absolute atomic E-state index is 6.25. The molecule has 19 heavy (non-hydrogen) atoms. The molecular formula is C15H26ClN3. The van der Waals surface area contributed by atoms with Gasteiger partial charge < -0.3 is 5.32 Å². The quantitative estimate of drug-likeness (QED) is 0.814. The summed E-state index contributed by atoms with van der Waals surface area (Å²) in [5.41, 5.74) is 1.09. The molecule has 0 radical (unpaired) electrons. The normalized spacial score (nSPS) is 11.9. The standard InChI is InChI=1S/C15H26ClN3/c1-6-10-17-14-9-8-12(16)13(18-14)11-19(5)15(3,4)7-2/h8-9H,6-7,10-11H2,1-5H3,(H,17,18). The van der Waals surface area contributed by atoms with Crippen molar-refractivity contribution in [3.8, 4) is 0 Å². The van der Waals surface area contributed by atoms with Gasteiger partial charge in [0.1, 0.15) is 5.82 Å². The molecular weight excluding hydrogens is 258 g/mol. The van der Waals surface area contributed by atoms with Crippen LogP contribution in [0, 0.1) is 0 Å². The highest BCUT2D eigenvalue weighted by Crippen LogP contribution is 2.23. The number of nitrogens with one attached hydrogen (secondary N) is 1. The summed E-state index contributed by atoms with van der Waals surface area (Å²) in [7, 11) is 2.12. The Bertz CT molecular complexity index is 404. The summed E-state index contributed by atoms with van der Waals surface area (Å²) in [4.78, 5) is 6.91. The third-order valence-corrected chi connectivity index (χ3v) is 4.10. The van der Waals surface area contributed by atoms with Gasteiger partial charge in [-0.15, -0.1) is 0 Å². The van der Waals surface area contributed by atoms with Gasteiger partial charge in [-0.25, -0.2) is 4.98 Å². The van der Waals surface area contributed by atoms with Crippen LogP contribution in [0.15, 0.2) is 12.1 Å². The first kappa shape index (κ1) is 16.3. The van der Waals surface area contributed by atoms with Gasteiger partial charge in [-0.2, -0.15) is 0 Å². The summed E-state index contributed by atoms with van der Waals surface area (Å²) in [6, 6.07) is 3.86. The van der Waals surface area contributed by atoms with Crippen molar-refractivity contribution in [2.24, 2.45) is 0 Å². The van der Waals surface area contributed by atoms with Gasteiger partial charge in [0.25, 0.3) is 0 Å². The van der Waals surface area contributed by atoms with E-state index >= 15 is 0 Å². The number of halogens is 1. The molecule has 0 aliphatic heterocycles. The van der Waals surface area contributed by atoms with Crippen molar-refractivity contribution in [3.05, 3.63) is 22.8 Å². The molecule has 3 nitrogen and oxygen atoms in total. The average molecular weight is 284 g/mol. The average Bonchev–Trinajstić information content (AvgIpc) is 2.39. The van der Waals surface area contributed by atoms with Crippen LogP contribution in [0.1, 0.15) is 46.2 Å². The fourth-order valence-corrected chi connectivity index (χ4v) is 1.82. The van der Waals surface area contributed by atoms with Gasteiger partial charge in [0.15, 0.2) is 0 Å². The molecule has 0 saturated heterocycles. The first-order valence-corrected chi connectivity index (χ1v) is 7.39. The number of aromatic nitrogens is 1. The largest absolute Gasteiger partial charge is 0.370 e. The van der Waals surface area contributed by atoms with Crippen molar-refractivity contribution in [1.82, 2.24) is 9.88 Å². The second-order valence-corrected chi connectivity index (χ2v) is 5.98. The van der Waals surface area contributed by atoms with Crippen LogP contribution in [0.4, 0.5) is 5.82 Å². The second kappa shape index (κ2) is 7.11. The topological polar surface area (TPSA) is 28.2 Å². The van der Waals surface area contributed by atoms with E-state index in [4.69, 9.17) is 11.6 Å². The van der Waals surface area contributed by atoms with Gasteiger partial charge in [-0.1, -0.05) is 25.4 Å². The van der Waals surface area contributed by atoms with Gasteiger partial charge >= 0.3 is 0 Å². The summed E-state index contributed by atoms with van der Waals surface area (Å²) < 4.78 is 0. The smallest absolute Gasteiger partial charge is 0.126 e. The zero-order chi connectivity index (χ0) is 14.5. The number of hydrogen-bond donors (Lipinski definition) is 1. The lowest BCUT2D eigenvalue weighted by atomic mass is 10.00. The fraction of sp³-hybridized carbons (Fsp3) is 0.667. The van der Waals surface area contributed by atoms with Crippen LogP contribution in [-0.4, -0.2) is 29.0 Å². The van der Waals surface area contributed by atoms with Crippen molar-refractivity contribution in [2.75, 3.05) is 18.9 Å². The zero-order valence-corrected chi connectivity index (χ0v) is 13.5. The molecule has 0 aromatic carbocycles. The van der Waals surface area contributed by atoms with E-state index in [-0.39, 0.29) is 5.54 Å². The Kier molecular flexibility index (Phi) is 6.08. The van der Waals surface area contributed by atoms with E-state index in [1.165, 1.54) is 0 Å². The number of nitrogens with zero attached hydrogens (tertiary/aromatic N) is 2. The number of rotatable bonds is 7. The van der Waals surface area contributed by atoms with Crippen LogP contribution in [-0.2, 0) is 6.54 Å². The zero-order valence-electron chi connectivity index (χ0n) is 12.8. The summed E-state index contributed by atoms with van der Waals surface area (Å²) in [5, 5.41) is 4.04. The molecule has 0 bridgehead atoms. The van der Waals surface area contributed by atoms with E-state index < -0.39 is 0 Å². The lowest BCUT2D eigenvalue weighted by Gasteiger charge is -2.34. The van der Waals surface area contributed by atoms with E-state index in [9.17, 15) is 0 Å². The predicted octanol–water partition coefficient (Wildman–Crippen LogP) is 4.18. The van der Waals surface area contributed by atoms with E-state index in [1.807, 2.05) is 12.1 Å². The van der Waals surface area contributed by atoms with Gasteiger partial charge in [-0.3, -0.25) is 4.90 Å². The van der Waals surface area contributed by atoms with Crippen molar-refractivity contribution in [2.45, 2.75) is 52.6 Å². The van der Waals surface area contributed by atoms with Crippen molar-refractivity contribution >= 4 is 17.4 Å². The van der Waals surface area contributed by atoms with E-state index in [1.54, 1.807) is 0 Å². The van der Waals surface area contributed by atoms with Crippen LogP contribution in [0.3, 0.4) is 0 Å². The fourth-order valence-electron chi connectivity index (χ4n) is 1.66. The van der Waals surface area contributed by atoms with E-state index in [0.717, 1.165) is 42.5 Å². The van der Waals surface area contributed by atoms with Crippen LogP contribution < -0.4 is 5.32 Å². The highest BCUT2D eigenvalue weighted by atomic mass is 35.5. The summed E-state index contributed by atoms with van der Waals surface area (Å²) in [5.74, 6) is 0.906. The molecule has 4 heteroatoms. The Morgan fingerprint density at radius 1 is 1.32 bits per heavy atom. The number of hydrogen-bond acceptors (Lipinski definition) is 3. The molecule has 0 saturated carbocycles. The Labute approximate surface area is 122 Å². The third kappa shape index (κ3) is 4.66. The van der Waals surface area contributed by atoms with Crippen LogP contribution >= 0.6 is 11.6 Å². The van der Waals surface area contributed by atoms with Gasteiger partial charge in [0, 0.05) is 18.6 Å². The SMILES string of the molecule is CCCNc1ccc(Cl)c(CN(C)C(C)(C)CC)n1. The minimum absolute atomic E-state index is 0.151. The van der Waals surface area contributed by atoms with Crippen molar-refractivity contribution < 1.29 is 0 Å². The molecule has 1 aromatic heterocycles. The van der Waals surface area contributed by atoms with E-state index in [2.05, 4.69) is 49.9 Å². The highest BCUT2D eigenvalue weighted by molar-refractivity contribution is 6.31. The Morgan fingerprint density at radius 3 is 2.58 bits per heavy atom. The summed E-state index contributed by atoms with van der Waals surface area (Å²) >= 11 is 6.25. The Hall–Kier alpha value is -0.800. The molecule has 108 valence electrons. The molecule has 0 atom stereocenters. The summed E-state index contributed by atoms with van der Waals surface area (Å²) in [6.45, 7) is 10.5. The van der Waals surface area contributed by atoms with Gasteiger partial charge in [0.05, 0.1) is 10.7 Å². The lowest BCUT2D eigenvalue weighted by Crippen LogP contribution is -2.40. The molecule has 0 fully saturated rings. The maximum atomic E-state index is 6.25. The summed E-state index contributed by atoms with van der Waals surface area (Å²) in [6.07, 6.45) is 2.18.